The number of rotatable bonds is 7. The molecule has 0 saturated carbocycles. The fourth-order valence-corrected chi connectivity index (χ4v) is 1.94. The zero-order chi connectivity index (χ0) is 15.1. The van der Waals surface area contributed by atoms with Crippen molar-refractivity contribution in [2.24, 2.45) is 0 Å². The minimum Gasteiger partial charge on any atom is -0.372 e. The van der Waals surface area contributed by atoms with Gasteiger partial charge in [0, 0.05) is 19.2 Å². The third kappa shape index (κ3) is 4.25. The van der Waals surface area contributed by atoms with Gasteiger partial charge in [-0.2, -0.15) is 0 Å². The summed E-state index contributed by atoms with van der Waals surface area (Å²) >= 11 is 0. The van der Waals surface area contributed by atoms with Crippen molar-refractivity contribution < 1.29 is 9.66 Å². The first-order chi connectivity index (χ1) is 10.2. The van der Waals surface area contributed by atoms with Crippen molar-refractivity contribution in [3.63, 3.8) is 0 Å². The van der Waals surface area contributed by atoms with Crippen molar-refractivity contribution in [1.82, 2.24) is 4.98 Å². The van der Waals surface area contributed by atoms with Crippen molar-refractivity contribution in [2.45, 2.75) is 13.0 Å². The molecule has 0 radical (unpaired) electrons. The van der Waals surface area contributed by atoms with E-state index in [1.165, 1.54) is 12.3 Å². The number of nitrogens with zero attached hydrogens (tertiary/aromatic N) is 2. The van der Waals surface area contributed by atoms with Gasteiger partial charge in [-0.15, -0.1) is 0 Å². The van der Waals surface area contributed by atoms with Crippen LogP contribution in [0.4, 0.5) is 11.5 Å². The number of ether oxygens (including phenoxy) is 1. The fraction of sp³-hybridized carbons (Fsp3) is 0.267. The molecule has 1 N–H and O–H groups in total. The highest BCUT2D eigenvalue weighted by molar-refractivity contribution is 5.40. The highest BCUT2D eigenvalue weighted by Gasteiger charge is 2.11. The SMILES string of the molecule is CCOC(CNc1ccc([N+](=O)[O-])cn1)c1ccccc1. The molecular weight excluding hydrogens is 270 g/mol. The number of nitrogens with one attached hydrogen (secondary N) is 1. The average Bonchev–Trinajstić information content (AvgIpc) is 2.52. The maximum atomic E-state index is 10.6. The van der Waals surface area contributed by atoms with Crippen molar-refractivity contribution >= 4 is 11.5 Å². The maximum absolute atomic E-state index is 10.6. The summed E-state index contributed by atoms with van der Waals surface area (Å²) in [7, 11) is 0. The van der Waals surface area contributed by atoms with Gasteiger partial charge < -0.3 is 10.1 Å². The van der Waals surface area contributed by atoms with E-state index in [1.54, 1.807) is 6.07 Å². The Morgan fingerprint density at radius 2 is 2.05 bits per heavy atom. The number of pyridine rings is 1. The largest absolute Gasteiger partial charge is 0.372 e. The first-order valence-corrected chi connectivity index (χ1v) is 6.71. The van der Waals surface area contributed by atoms with Gasteiger partial charge in [-0.25, -0.2) is 4.98 Å². The van der Waals surface area contributed by atoms with Crippen LogP contribution in [-0.4, -0.2) is 23.1 Å². The number of aromatic nitrogens is 1. The zero-order valence-corrected chi connectivity index (χ0v) is 11.7. The number of hydrogen-bond donors (Lipinski definition) is 1. The Kier molecular flexibility index (Phi) is 5.22. The van der Waals surface area contributed by atoms with Gasteiger partial charge in [-0.3, -0.25) is 10.1 Å². The first-order valence-electron chi connectivity index (χ1n) is 6.71. The lowest BCUT2D eigenvalue weighted by Gasteiger charge is -2.18. The van der Waals surface area contributed by atoms with E-state index < -0.39 is 4.92 Å². The van der Waals surface area contributed by atoms with Gasteiger partial charge in [0.15, 0.2) is 0 Å². The van der Waals surface area contributed by atoms with Crippen LogP contribution in [0.1, 0.15) is 18.6 Å². The monoisotopic (exact) mass is 287 g/mol. The summed E-state index contributed by atoms with van der Waals surface area (Å²) in [6, 6.07) is 12.9. The predicted molar refractivity (Wildman–Crippen MR) is 80.2 cm³/mol. The molecule has 1 heterocycles. The smallest absolute Gasteiger partial charge is 0.287 e. The van der Waals surface area contributed by atoms with Crippen LogP contribution in [0.15, 0.2) is 48.7 Å². The third-order valence-corrected chi connectivity index (χ3v) is 2.97. The van der Waals surface area contributed by atoms with E-state index in [0.29, 0.717) is 19.0 Å². The average molecular weight is 287 g/mol. The van der Waals surface area contributed by atoms with Gasteiger partial charge in [0.1, 0.15) is 12.0 Å². The molecule has 110 valence electrons. The summed E-state index contributed by atoms with van der Waals surface area (Å²) in [5.41, 5.74) is 1.05. The molecule has 0 bridgehead atoms. The second-order valence-electron chi connectivity index (χ2n) is 4.39. The van der Waals surface area contributed by atoms with Crippen LogP contribution in [0, 0.1) is 10.1 Å². The minimum atomic E-state index is -0.469. The molecule has 0 aliphatic heterocycles. The molecule has 1 unspecified atom stereocenters. The lowest BCUT2D eigenvalue weighted by atomic mass is 10.1. The standard InChI is InChI=1S/C15H17N3O3/c1-2-21-14(12-6-4-3-5-7-12)11-17-15-9-8-13(10-16-15)18(19)20/h3-10,14H,2,11H2,1H3,(H,16,17). The first kappa shape index (κ1) is 14.9. The molecule has 1 atom stereocenters. The molecule has 2 rings (SSSR count). The van der Waals surface area contributed by atoms with Crippen molar-refractivity contribution in [2.75, 3.05) is 18.5 Å². The van der Waals surface area contributed by atoms with E-state index in [9.17, 15) is 10.1 Å². The van der Waals surface area contributed by atoms with Crippen molar-refractivity contribution in [1.29, 1.82) is 0 Å². The van der Waals surface area contributed by atoms with Crippen LogP contribution in [0.2, 0.25) is 0 Å². The molecule has 0 amide bonds. The van der Waals surface area contributed by atoms with Crippen molar-refractivity contribution in [3.8, 4) is 0 Å². The molecule has 1 aromatic heterocycles. The summed E-state index contributed by atoms with van der Waals surface area (Å²) in [5.74, 6) is 0.584. The lowest BCUT2D eigenvalue weighted by molar-refractivity contribution is -0.385. The molecule has 2 aromatic rings. The highest BCUT2D eigenvalue weighted by atomic mass is 16.6. The normalized spacial score (nSPS) is 11.9. The Morgan fingerprint density at radius 1 is 1.29 bits per heavy atom. The quantitative estimate of drug-likeness (QED) is 0.625. The summed E-state index contributed by atoms with van der Waals surface area (Å²) < 4.78 is 5.71. The second-order valence-corrected chi connectivity index (χ2v) is 4.39. The van der Waals surface area contributed by atoms with Gasteiger partial charge in [0.25, 0.3) is 5.69 Å². The topological polar surface area (TPSA) is 77.3 Å². The molecule has 0 spiro atoms. The van der Waals surface area contributed by atoms with Crippen LogP contribution < -0.4 is 5.32 Å². The number of anilines is 1. The minimum absolute atomic E-state index is 0.0232. The maximum Gasteiger partial charge on any atom is 0.287 e. The molecule has 0 fully saturated rings. The van der Waals surface area contributed by atoms with Gasteiger partial charge in [-0.05, 0) is 18.6 Å². The van der Waals surface area contributed by atoms with Crippen molar-refractivity contribution in [3.05, 3.63) is 64.3 Å². The van der Waals surface area contributed by atoms with Crippen LogP contribution in [-0.2, 0) is 4.74 Å². The Hall–Kier alpha value is -2.47. The van der Waals surface area contributed by atoms with E-state index in [0.717, 1.165) is 5.56 Å². The molecule has 0 saturated heterocycles. The number of benzene rings is 1. The zero-order valence-electron chi connectivity index (χ0n) is 11.7. The summed E-state index contributed by atoms with van der Waals surface area (Å²) in [6.45, 7) is 3.09. The highest BCUT2D eigenvalue weighted by Crippen LogP contribution is 2.18. The van der Waals surface area contributed by atoms with Gasteiger partial charge >= 0.3 is 0 Å². The van der Waals surface area contributed by atoms with Crippen LogP contribution in [0.5, 0.6) is 0 Å². The molecule has 6 heteroatoms. The van der Waals surface area contributed by atoms with E-state index >= 15 is 0 Å². The van der Waals surface area contributed by atoms with Crippen LogP contribution in [0.3, 0.4) is 0 Å². The van der Waals surface area contributed by atoms with Gasteiger partial charge in [-0.1, -0.05) is 30.3 Å². The third-order valence-electron chi connectivity index (χ3n) is 2.97. The van der Waals surface area contributed by atoms with E-state index in [4.69, 9.17) is 4.74 Å². The number of nitro groups is 1. The summed E-state index contributed by atoms with van der Waals surface area (Å²) in [5, 5.41) is 13.7. The molecule has 0 aliphatic rings. The lowest BCUT2D eigenvalue weighted by Crippen LogP contribution is -2.16. The molecule has 6 nitrogen and oxygen atoms in total. The molecule has 0 aliphatic carbocycles. The second kappa shape index (κ2) is 7.35. The summed E-state index contributed by atoms with van der Waals surface area (Å²) in [6.07, 6.45) is 1.15. The van der Waals surface area contributed by atoms with E-state index in [1.807, 2.05) is 37.3 Å². The molecule has 21 heavy (non-hydrogen) atoms. The van der Waals surface area contributed by atoms with E-state index in [-0.39, 0.29) is 11.8 Å². The van der Waals surface area contributed by atoms with Crippen LogP contribution in [0.25, 0.3) is 0 Å². The predicted octanol–water partition coefficient (Wildman–Crippen LogP) is 3.18. The Labute approximate surface area is 122 Å². The van der Waals surface area contributed by atoms with Gasteiger partial charge in [0.05, 0.1) is 11.0 Å². The molecular formula is C15H17N3O3. The Bertz CT molecular complexity index is 572. The van der Waals surface area contributed by atoms with Gasteiger partial charge in [0.2, 0.25) is 0 Å². The Morgan fingerprint density at radius 3 is 2.62 bits per heavy atom. The number of hydrogen-bond acceptors (Lipinski definition) is 5. The van der Waals surface area contributed by atoms with E-state index in [2.05, 4.69) is 10.3 Å². The Balaban J connectivity index is 2.00. The fourth-order valence-electron chi connectivity index (χ4n) is 1.94. The van der Waals surface area contributed by atoms with Crippen LogP contribution >= 0.6 is 0 Å². The molecule has 1 aromatic carbocycles. The summed E-state index contributed by atoms with van der Waals surface area (Å²) in [4.78, 5) is 14.1.